The lowest BCUT2D eigenvalue weighted by Crippen LogP contribution is -2.27. The molecule has 0 bridgehead atoms. The number of rotatable bonds is 1. The summed E-state index contributed by atoms with van der Waals surface area (Å²) in [7, 11) is 0. The Morgan fingerprint density at radius 3 is 2.21 bits per heavy atom. The molecule has 1 rings (SSSR count). The third kappa shape index (κ3) is 2.84. The molecule has 0 aromatic heterocycles. The maximum absolute atomic E-state index is 9.65. The first-order chi connectivity index (χ1) is 6.49. The van der Waals surface area contributed by atoms with Crippen molar-refractivity contribution in [2.75, 3.05) is 0 Å². The highest BCUT2D eigenvalue weighted by Gasteiger charge is 2.30. The molecule has 1 unspecified atom stereocenters. The first-order valence-electron chi connectivity index (χ1n) is 5.87. The van der Waals surface area contributed by atoms with Crippen LogP contribution in [0, 0.1) is 5.41 Å². The number of hydrogen-bond donors (Lipinski definition) is 1. The quantitative estimate of drug-likeness (QED) is 0.633. The summed E-state index contributed by atoms with van der Waals surface area (Å²) in [6.07, 6.45) is 2.96. The highest BCUT2D eigenvalue weighted by atomic mass is 16.3. The van der Waals surface area contributed by atoms with Gasteiger partial charge >= 0.3 is 0 Å². The lowest BCUT2D eigenvalue weighted by Gasteiger charge is -2.36. The van der Waals surface area contributed by atoms with Crippen molar-refractivity contribution in [1.29, 1.82) is 0 Å². The second-order valence-electron chi connectivity index (χ2n) is 4.45. The zero-order chi connectivity index (χ0) is 11.4. The summed E-state index contributed by atoms with van der Waals surface area (Å²) in [5.74, 6) is 0. The van der Waals surface area contributed by atoms with Crippen LogP contribution >= 0.6 is 0 Å². The van der Waals surface area contributed by atoms with E-state index in [2.05, 4.69) is 27.7 Å². The Balaban J connectivity index is 0.000000791. The van der Waals surface area contributed by atoms with Crippen LogP contribution in [-0.2, 0) is 0 Å². The summed E-state index contributed by atoms with van der Waals surface area (Å²) in [4.78, 5) is 0. The molecule has 1 heteroatoms. The highest BCUT2D eigenvalue weighted by Crippen LogP contribution is 2.41. The summed E-state index contributed by atoms with van der Waals surface area (Å²) in [5, 5.41) is 9.65. The molecule has 84 valence electrons. The van der Waals surface area contributed by atoms with Gasteiger partial charge in [0.1, 0.15) is 0 Å². The Morgan fingerprint density at radius 1 is 1.36 bits per heavy atom. The Kier molecular flexibility index (Phi) is 5.43. The molecule has 0 heterocycles. The summed E-state index contributed by atoms with van der Waals surface area (Å²) >= 11 is 0. The Morgan fingerprint density at radius 2 is 1.86 bits per heavy atom. The van der Waals surface area contributed by atoms with Gasteiger partial charge in [0.2, 0.25) is 0 Å². The Labute approximate surface area is 89.2 Å². The minimum absolute atomic E-state index is 0.173. The number of aliphatic hydroxyl groups is 1. The molecule has 1 N–H and O–H groups in total. The predicted octanol–water partition coefficient (Wildman–Crippen LogP) is 3.92. The van der Waals surface area contributed by atoms with Crippen molar-refractivity contribution < 1.29 is 5.11 Å². The predicted molar refractivity (Wildman–Crippen MR) is 63.4 cm³/mol. The molecule has 0 radical (unpaired) electrons. The average Bonchev–Trinajstić information content (AvgIpc) is 2.16. The Hall–Kier alpha value is -0.300. The van der Waals surface area contributed by atoms with E-state index in [0.29, 0.717) is 5.41 Å². The van der Waals surface area contributed by atoms with E-state index >= 15 is 0 Å². The highest BCUT2D eigenvalue weighted by molar-refractivity contribution is 5.25. The van der Waals surface area contributed by atoms with E-state index in [9.17, 15) is 5.11 Å². The van der Waals surface area contributed by atoms with Gasteiger partial charge in [-0.25, -0.2) is 0 Å². The largest absolute Gasteiger partial charge is 0.389 e. The molecule has 0 saturated heterocycles. The van der Waals surface area contributed by atoms with Crippen LogP contribution in [0.4, 0.5) is 0 Å². The summed E-state index contributed by atoms with van der Waals surface area (Å²) in [5.41, 5.74) is 2.99. The summed E-state index contributed by atoms with van der Waals surface area (Å²) in [6, 6.07) is 0. The van der Waals surface area contributed by atoms with Crippen LogP contribution in [0.15, 0.2) is 11.1 Å². The molecular formula is C13H26O. The topological polar surface area (TPSA) is 20.2 Å². The number of allylic oxidation sites excluding steroid dienone is 1. The minimum Gasteiger partial charge on any atom is -0.389 e. The molecule has 0 fully saturated rings. The maximum atomic E-state index is 9.65. The van der Waals surface area contributed by atoms with Crippen LogP contribution in [-0.4, -0.2) is 11.2 Å². The van der Waals surface area contributed by atoms with Crippen LogP contribution in [0.5, 0.6) is 0 Å². The molecule has 1 aliphatic carbocycles. The van der Waals surface area contributed by atoms with E-state index in [1.165, 1.54) is 11.1 Å². The lowest BCUT2D eigenvalue weighted by atomic mass is 9.71. The molecule has 0 amide bonds. The van der Waals surface area contributed by atoms with Gasteiger partial charge in [-0.05, 0) is 37.2 Å². The molecule has 1 nitrogen and oxygen atoms in total. The van der Waals surface area contributed by atoms with E-state index < -0.39 is 0 Å². The third-order valence-electron chi connectivity index (χ3n) is 3.19. The van der Waals surface area contributed by atoms with Gasteiger partial charge in [0, 0.05) is 0 Å². The second kappa shape index (κ2) is 5.55. The van der Waals surface area contributed by atoms with Gasteiger partial charge in [0.05, 0.1) is 6.10 Å². The third-order valence-corrected chi connectivity index (χ3v) is 3.19. The molecule has 0 aliphatic heterocycles. The van der Waals surface area contributed by atoms with Gasteiger partial charge in [0.25, 0.3) is 0 Å². The average molecular weight is 198 g/mol. The maximum Gasteiger partial charge on any atom is 0.0750 e. The van der Waals surface area contributed by atoms with Crippen LogP contribution in [0.2, 0.25) is 0 Å². The fraction of sp³-hybridized carbons (Fsp3) is 0.846. The van der Waals surface area contributed by atoms with Crippen molar-refractivity contribution in [3.8, 4) is 0 Å². The van der Waals surface area contributed by atoms with Crippen molar-refractivity contribution in [3.63, 3.8) is 0 Å². The molecule has 14 heavy (non-hydrogen) atoms. The molecule has 1 aliphatic rings. The normalized spacial score (nSPS) is 25.5. The first kappa shape index (κ1) is 13.7. The van der Waals surface area contributed by atoms with E-state index in [1.807, 2.05) is 13.8 Å². The van der Waals surface area contributed by atoms with E-state index in [4.69, 9.17) is 0 Å². The van der Waals surface area contributed by atoms with Crippen LogP contribution < -0.4 is 0 Å². The smallest absolute Gasteiger partial charge is 0.0750 e. The van der Waals surface area contributed by atoms with Gasteiger partial charge in [-0.3, -0.25) is 0 Å². The van der Waals surface area contributed by atoms with E-state index in [1.54, 1.807) is 0 Å². The second-order valence-corrected chi connectivity index (χ2v) is 4.45. The van der Waals surface area contributed by atoms with Crippen molar-refractivity contribution in [3.05, 3.63) is 11.1 Å². The molecule has 0 spiro atoms. The monoisotopic (exact) mass is 198 g/mol. The standard InChI is InChI=1S/C11H20O.C2H6/c1-5-9-8(2)10(12)6-7-11(9,3)4;1-2/h10,12H,5-7H2,1-4H3;1-2H3. The van der Waals surface area contributed by atoms with Gasteiger partial charge in [-0.2, -0.15) is 0 Å². The van der Waals surface area contributed by atoms with E-state index in [0.717, 1.165) is 19.3 Å². The van der Waals surface area contributed by atoms with Crippen LogP contribution in [0.25, 0.3) is 0 Å². The SMILES string of the molecule is CC.CCC1=C(C)C(O)CCC1(C)C. The first-order valence-corrected chi connectivity index (χ1v) is 5.87. The zero-order valence-electron chi connectivity index (χ0n) is 10.6. The lowest BCUT2D eigenvalue weighted by molar-refractivity contribution is 0.159. The van der Waals surface area contributed by atoms with Crippen LogP contribution in [0.1, 0.15) is 60.8 Å². The van der Waals surface area contributed by atoms with Gasteiger partial charge in [-0.1, -0.05) is 40.2 Å². The van der Waals surface area contributed by atoms with Gasteiger partial charge in [0.15, 0.2) is 0 Å². The summed E-state index contributed by atoms with van der Waals surface area (Å²) in [6.45, 7) is 12.8. The molecule has 0 aromatic rings. The van der Waals surface area contributed by atoms with Crippen molar-refractivity contribution in [2.45, 2.75) is 66.9 Å². The minimum atomic E-state index is -0.173. The molecular weight excluding hydrogens is 172 g/mol. The fourth-order valence-electron chi connectivity index (χ4n) is 2.36. The molecule has 1 atom stereocenters. The molecule has 0 saturated carbocycles. The Bertz CT molecular complexity index is 201. The van der Waals surface area contributed by atoms with Gasteiger partial charge in [-0.15, -0.1) is 0 Å². The van der Waals surface area contributed by atoms with E-state index in [-0.39, 0.29) is 6.10 Å². The number of aliphatic hydroxyl groups excluding tert-OH is 1. The van der Waals surface area contributed by atoms with Gasteiger partial charge < -0.3 is 5.11 Å². The van der Waals surface area contributed by atoms with Crippen molar-refractivity contribution >= 4 is 0 Å². The molecule has 0 aromatic carbocycles. The number of hydrogen-bond acceptors (Lipinski definition) is 1. The van der Waals surface area contributed by atoms with Crippen molar-refractivity contribution in [2.24, 2.45) is 5.41 Å². The zero-order valence-corrected chi connectivity index (χ0v) is 10.6. The summed E-state index contributed by atoms with van der Waals surface area (Å²) < 4.78 is 0. The van der Waals surface area contributed by atoms with Crippen LogP contribution in [0.3, 0.4) is 0 Å². The van der Waals surface area contributed by atoms with Crippen molar-refractivity contribution in [1.82, 2.24) is 0 Å². The fourth-order valence-corrected chi connectivity index (χ4v) is 2.36.